The summed E-state index contributed by atoms with van der Waals surface area (Å²) in [6.45, 7) is 9.14. The molecule has 1 unspecified atom stereocenters. The second kappa shape index (κ2) is 5.21. The molecule has 96 valence electrons. The van der Waals surface area contributed by atoms with Crippen LogP contribution in [-0.2, 0) is 13.0 Å². The van der Waals surface area contributed by atoms with E-state index in [4.69, 9.17) is 0 Å². The van der Waals surface area contributed by atoms with Gasteiger partial charge in [-0.2, -0.15) is 0 Å². The van der Waals surface area contributed by atoms with Crippen LogP contribution in [0.2, 0.25) is 0 Å². The molecule has 0 saturated carbocycles. The molecule has 3 heteroatoms. The Morgan fingerprint density at radius 3 is 2.94 bits per heavy atom. The van der Waals surface area contributed by atoms with Gasteiger partial charge >= 0.3 is 0 Å². The normalized spacial score (nSPS) is 24.7. The van der Waals surface area contributed by atoms with Gasteiger partial charge in [-0.1, -0.05) is 20.8 Å². The SMILES string of the molecule is CCCn1cncc1CC1(C(C)C)CCCN1. The second-order valence-corrected chi connectivity index (χ2v) is 5.60. The van der Waals surface area contributed by atoms with Gasteiger partial charge in [-0.15, -0.1) is 0 Å². The second-order valence-electron chi connectivity index (χ2n) is 5.60. The van der Waals surface area contributed by atoms with Crippen LogP contribution < -0.4 is 5.32 Å². The highest BCUT2D eigenvalue weighted by Gasteiger charge is 2.37. The Morgan fingerprint density at radius 2 is 2.35 bits per heavy atom. The maximum Gasteiger partial charge on any atom is 0.0948 e. The van der Waals surface area contributed by atoms with Crippen molar-refractivity contribution in [1.82, 2.24) is 14.9 Å². The Hall–Kier alpha value is -0.830. The summed E-state index contributed by atoms with van der Waals surface area (Å²) in [7, 11) is 0. The Balaban J connectivity index is 2.14. The fraction of sp³-hybridized carbons (Fsp3) is 0.786. The minimum absolute atomic E-state index is 0.297. The summed E-state index contributed by atoms with van der Waals surface area (Å²) in [5.41, 5.74) is 1.68. The lowest BCUT2D eigenvalue weighted by Gasteiger charge is -2.34. The summed E-state index contributed by atoms with van der Waals surface area (Å²) in [6, 6.07) is 0. The van der Waals surface area contributed by atoms with Gasteiger partial charge in [0.05, 0.1) is 6.33 Å². The van der Waals surface area contributed by atoms with Crippen LogP contribution in [-0.4, -0.2) is 21.6 Å². The van der Waals surface area contributed by atoms with E-state index in [1.54, 1.807) is 0 Å². The molecule has 2 rings (SSSR count). The Labute approximate surface area is 105 Å². The van der Waals surface area contributed by atoms with Gasteiger partial charge in [0.2, 0.25) is 0 Å². The molecule has 0 radical (unpaired) electrons. The molecule has 1 aromatic heterocycles. The van der Waals surface area contributed by atoms with Gasteiger partial charge in [0.25, 0.3) is 0 Å². The molecule has 17 heavy (non-hydrogen) atoms. The molecule has 0 aromatic carbocycles. The maximum atomic E-state index is 4.31. The first kappa shape index (κ1) is 12.6. The van der Waals surface area contributed by atoms with Crippen LogP contribution in [0.5, 0.6) is 0 Å². The molecule has 0 aliphatic carbocycles. The van der Waals surface area contributed by atoms with Crippen molar-refractivity contribution in [3.8, 4) is 0 Å². The van der Waals surface area contributed by atoms with Gasteiger partial charge in [-0.05, 0) is 31.7 Å². The van der Waals surface area contributed by atoms with Gasteiger partial charge < -0.3 is 9.88 Å². The molecule has 1 atom stereocenters. The first-order valence-corrected chi connectivity index (χ1v) is 6.92. The highest BCUT2D eigenvalue weighted by molar-refractivity contribution is 5.09. The minimum atomic E-state index is 0.297. The molecule has 1 N–H and O–H groups in total. The summed E-state index contributed by atoms with van der Waals surface area (Å²) in [4.78, 5) is 4.31. The summed E-state index contributed by atoms with van der Waals surface area (Å²) in [5.74, 6) is 0.676. The van der Waals surface area contributed by atoms with Crippen LogP contribution in [0.4, 0.5) is 0 Å². The van der Waals surface area contributed by atoms with E-state index in [0.29, 0.717) is 11.5 Å². The largest absolute Gasteiger partial charge is 0.335 e. The zero-order valence-corrected chi connectivity index (χ0v) is 11.4. The van der Waals surface area contributed by atoms with Gasteiger partial charge in [-0.25, -0.2) is 4.98 Å². The fourth-order valence-electron chi connectivity index (χ4n) is 2.94. The van der Waals surface area contributed by atoms with Crippen molar-refractivity contribution >= 4 is 0 Å². The molecule has 1 aliphatic heterocycles. The van der Waals surface area contributed by atoms with Crippen molar-refractivity contribution in [2.24, 2.45) is 5.92 Å². The summed E-state index contributed by atoms with van der Waals surface area (Å²) >= 11 is 0. The molecule has 1 aliphatic rings. The van der Waals surface area contributed by atoms with E-state index in [2.05, 4.69) is 35.6 Å². The first-order chi connectivity index (χ1) is 8.18. The van der Waals surface area contributed by atoms with E-state index in [9.17, 15) is 0 Å². The highest BCUT2D eigenvalue weighted by Crippen LogP contribution is 2.31. The number of aryl methyl sites for hydroxylation is 1. The molecule has 1 fully saturated rings. The average molecular weight is 235 g/mol. The van der Waals surface area contributed by atoms with Crippen molar-refractivity contribution in [3.05, 3.63) is 18.2 Å². The molecule has 0 bridgehead atoms. The summed E-state index contributed by atoms with van der Waals surface area (Å²) in [6.07, 6.45) is 8.90. The third kappa shape index (κ3) is 2.54. The molecule has 1 aromatic rings. The molecule has 3 nitrogen and oxygen atoms in total. The van der Waals surface area contributed by atoms with Crippen LogP contribution in [0.15, 0.2) is 12.5 Å². The van der Waals surface area contributed by atoms with Crippen molar-refractivity contribution in [2.45, 2.75) is 58.5 Å². The molecular weight excluding hydrogens is 210 g/mol. The molecule has 0 spiro atoms. The van der Waals surface area contributed by atoms with Crippen LogP contribution in [0.3, 0.4) is 0 Å². The predicted molar refractivity (Wildman–Crippen MR) is 71.0 cm³/mol. The zero-order chi connectivity index (χ0) is 12.3. The Kier molecular flexibility index (Phi) is 3.87. The van der Waals surface area contributed by atoms with Gasteiger partial charge in [0.1, 0.15) is 0 Å². The van der Waals surface area contributed by atoms with E-state index in [1.165, 1.54) is 31.5 Å². The number of hydrogen-bond donors (Lipinski definition) is 1. The lowest BCUT2D eigenvalue weighted by Crippen LogP contribution is -2.47. The third-order valence-corrected chi connectivity index (χ3v) is 4.14. The third-order valence-electron chi connectivity index (χ3n) is 4.14. The van der Waals surface area contributed by atoms with E-state index < -0.39 is 0 Å². The van der Waals surface area contributed by atoms with E-state index in [-0.39, 0.29) is 0 Å². The number of imidazole rings is 1. The van der Waals surface area contributed by atoms with E-state index in [0.717, 1.165) is 13.0 Å². The summed E-state index contributed by atoms with van der Waals surface area (Å²) in [5, 5.41) is 3.74. The van der Waals surface area contributed by atoms with Crippen LogP contribution in [0.25, 0.3) is 0 Å². The molecule has 0 amide bonds. The lowest BCUT2D eigenvalue weighted by atomic mass is 9.81. The Bertz CT molecular complexity index is 348. The van der Waals surface area contributed by atoms with Crippen molar-refractivity contribution in [2.75, 3.05) is 6.54 Å². The highest BCUT2D eigenvalue weighted by atomic mass is 15.1. The van der Waals surface area contributed by atoms with Crippen LogP contribution in [0, 0.1) is 5.92 Å². The maximum absolute atomic E-state index is 4.31. The van der Waals surface area contributed by atoms with Gasteiger partial charge in [0, 0.05) is 30.4 Å². The Morgan fingerprint density at radius 1 is 1.53 bits per heavy atom. The first-order valence-electron chi connectivity index (χ1n) is 6.92. The molecule has 2 heterocycles. The lowest BCUT2D eigenvalue weighted by molar-refractivity contribution is 0.264. The molecule has 1 saturated heterocycles. The zero-order valence-electron chi connectivity index (χ0n) is 11.4. The number of aromatic nitrogens is 2. The topological polar surface area (TPSA) is 29.9 Å². The fourth-order valence-corrected chi connectivity index (χ4v) is 2.94. The molecular formula is C14H25N3. The predicted octanol–water partition coefficient (Wildman–Crippen LogP) is 2.61. The monoisotopic (exact) mass is 235 g/mol. The van der Waals surface area contributed by atoms with Gasteiger partial charge in [-0.3, -0.25) is 0 Å². The van der Waals surface area contributed by atoms with Crippen molar-refractivity contribution in [1.29, 1.82) is 0 Å². The quantitative estimate of drug-likeness (QED) is 0.850. The summed E-state index contributed by atoms with van der Waals surface area (Å²) < 4.78 is 2.31. The van der Waals surface area contributed by atoms with E-state index in [1.807, 2.05) is 12.5 Å². The smallest absolute Gasteiger partial charge is 0.0948 e. The van der Waals surface area contributed by atoms with E-state index >= 15 is 0 Å². The van der Waals surface area contributed by atoms with Crippen LogP contribution in [0.1, 0.15) is 45.7 Å². The van der Waals surface area contributed by atoms with Crippen molar-refractivity contribution in [3.63, 3.8) is 0 Å². The number of hydrogen-bond acceptors (Lipinski definition) is 2. The number of nitrogens with zero attached hydrogens (tertiary/aromatic N) is 2. The van der Waals surface area contributed by atoms with Crippen LogP contribution >= 0.6 is 0 Å². The average Bonchev–Trinajstić information content (AvgIpc) is 2.91. The van der Waals surface area contributed by atoms with Crippen molar-refractivity contribution < 1.29 is 0 Å². The minimum Gasteiger partial charge on any atom is -0.335 e. The number of rotatable bonds is 5. The standard InChI is InChI=1S/C14H25N3/c1-4-8-17-11-15-10-13(17)9-14(12(2)3)6-5-7-16-14/h10-12,16H,4-9H2,1-3H3. The number of nitrogens with one attached hydrogen (secondary N) is 1. The van der Waals surface area contributed by atoms with Gasteiger partial charge in [0.15, 0.2) is 0 Å².